The number of amides is 1. The first-order chi connectivity index (χ1) is 9.49. The van der Waals surface area contributed by atoms with Crippen molar-refractivity contribution in [2.75, 3.05) is 5.32 Å². The predicted molar refractivity (Wildman–Crippen MR) is 73.2 cm³/mol. The normalized spacial score (nSPS) is 10.1. The molecule has 2 rings (SSSR count). The molecular formula is C13H8BrFN2O3. The molecule has 5 nitrogen and oxygen atoms in total. The number of carboxylic acid groups (broad SMARTS) is 1. The summed E-state index contributed by atoms with van der Waals surface area (Å²) in [5, 5.41) is 11.4. The molecule has 0 aliphatic carbocycles. The summed E-state index contributed by atoms with van der Waals surface area (Å²) in [7, 11) is 0. The summed E-state index contributed by atoms with van der Waals surface area (Å²) in [4.78, 5) is 26.8. The smallest absolute Gasteiger partial charge is 0.338 e. The number of hydrogen-bond acceptors (Lipinski definition) is 3. The minimum Gasteiger partial charge on any atom is -0.478 e. The molecule has 0 bridgehead atoms. The third kappa shape index (κ3) is 3.00. The van der Waals surface area contributed by atoms with Crippen molar-refractivity contribution in [1.29, 1.82) is 0 Å². The number of aromatic carboxylic acids is 1. The van der Waals surface area contributed by atoms with E-state index >= 15 is 0 Å². The van der Waals surface area contributed by atoms with E-state index < -0.39 is 17.7 Å². The lowest BCUT2D eigenvalue weighted by Gasteiger charge is -2.08. The molecule has 0 aliphatic heterocycles. The molecule has 1 aromatic carbocycles. The van der Waals surface area contributed by atoms with Crippen LogP contribution in [0.2, 0.25) is 0 Å². The van der Waals surface area contributed by atoms with Crippen molar-refractivity contribution in [1.82, 2.24) is 4.98 Å². The van der Waals surface area contributed by atoms with Crippen LogP contribution in [-0.4, -0.2) is 22.0 Å². The average Bonchev–Trinajstić information content (AvgIpc) is 2.42. The molecule has 1 heterocycles. The first-order valence-corrected chi connectivity index (χ1v) is 6.23. The Morgan fingerprint density at radius 3 is 2.75 bits per heavy atom. The predicted octanol–water partition coefficient (Wildman–Crippen LogP) is 2.93. The third-order valence-electron chi connectivity index (χ3n) is 2.43. The zero-order valence-electron chi connectivity index (χ0n) is 9.93. The first kappa shape index (κ1) is 14.1. The van der Waals surface area contributed by atoms with Crippen molar-refractivity contribution in [2.24, 2.45) is 0 Å². The van der Waals surface area contributed by atoms with Crippen LogP contribution in [0.3, 0.4) is 0 Å². The van der Waals surface area contributed by atoms with E-state index in [0.717, 1.165) is 6.07 Å². The van der Waals surface area contributed by atoms with E-state index in [1.54, 1.807) is 0 Å². The fraction of sp³-hybridized carbons (Fsp3) is 0. The van der Waals surface area contributed by atoms with Crippen molar-refractivity contribution in [2.45, 2.75) is 0 Å². The van der Waals surface area contributed by atoms with Crippen molar-refractivity contribution in [3.63, 3.8) is 0 Å². The molecule has 0 fully saturated rings. The summed E-state index contributed by atoms with van der Waals surface area (Å²) in [6, 6.07) is 6.46. The molecule has 20 heavy (non-hydrogen) atoms. The van der Waals surface area contributed by atoms with E-state index in [2.05, 4.69) is 26.2 Å². The Bertz CT molecular complexity index is 691. The monoisotopic (exact) mass is 338 g/mol. The molecule has 2 N–H and O–H groups in total. The second kappa shape index (κ2) is 5.79. The van der Waals surface area contributed by atoms with Gasteiger partial charge in [0.1, 0.15) is 11.5 Å². The number of anilines is 1. The second-order valence-corrected chi connectivity index (χ2v) is 4.64. The number of halogens is 2. The lowest BCUT2D eigenvalue weighted by molar-refractivity contribution is 0.0691. The van der Waals surface area contributed by atoms with Crippen molar-refractivity contribution >= 4 is 33.5 Å². The van der Waals surface area contributed by atoms with Gasteiger partial charge in [0.05, 0.1) is 11.3 Å². The zero-order chi connectivity index (χ0) is 14.7. The molecule has 0 saturated heterocycles. The van der Waals surface area contributed by atoms with Crippen LogP contribution in [0.5, 0.6) is 0 Å². The maximum Gasteiger partial charge on any atom is 0.338 e. The van der Waals surface area contributed by atoms with Crippen LogP contribution in [0, 0.1) is 5.82 Å². The fourth-order valence-electron chi connectivity index (χ4n) is 1.53. The molecule has 0 unspecified atom stereocenters. The molecule has 2 aromatic rings. The summed E-state index contributed by atoms with van der Waals surface area (Å²) in [6.45, 7) is 0. The van der Waals surface area contributed by atoms with Gasteiger partial charge in [-0.2, -0.15) is 0 Å². The molecule has 0 saturated carbocycles. The molecule has 0 aliphatic rings. The van der Waals surface area contributed by atoms with Crippen LogP contribution in [0.25, 0.3) is 0 Å². The molecule has 1 aromatic heterocycles. The highest BCUT2D eigenvalue weighted by Crippen LogP contribution is 2.23. The topological polar surface area (TPSA) is 79.3 Å². The Kier molecular flexibility index (Phi) is 4.09. The second-order valence-electron chi connectivity index (χ2n) is 3.78. The van der Waals surface area contributed by atoms with Gasteiger partial charge in [0, 0.05) is 10.7 Å². The number of hydrogen-bond donors (Lipinski definition) is 2. The van der Waals surface area contributed by atoms with Crippen molar-refractivity contribution < 1.29 is 19.1 Å². The first-order valence-electron chi connectivity index (χ1n) is 5.44. The molecule has 1 amide bonds. The van der Waals surface area contributed by atoms with E-state index in [-0.39, 0.29) is 16.9 Å². The van der Waals surface area contributed by atoms with E-state index in [1.807, 2.05) is 0 Å². The summed E-state index contributed by atoms with van der Waals surface area (Å²) in [5.41, 5.74) is -0.273. The molecule has 0 spiro atoms. The van der Waals surface area contributed by atoms with Crippen LogP contribution in [-0.2, 0) is 0 Å². The fourth-order valence-corrected chi connectivity index (χ4v) is 1.88. The van der Waals surface area contributed by atoms with E-state index in [9.17, 15) is 14.0 Å². The van der Waals surface area contributed by atoms with E-state index in [0.29, 0.717) is 4.47 Å². The maximum atomic E-state index is 13.1. The zero-order valence-corrected chi connectivity index (χ0v) is 11.5. The van der Waals surface area contributed by atoms with Crippen LogP contribution >= 0.6 is 15.9 Å². The Hall–Kier alpha value is -2.28. The van der Waals surface area contributed by atoms with E-state index in [4.69, 9.17) is 5.11 Å². The molecule has 7 heteroatoms. The van der Waals surface area contributed by atoms with Gasteiger partial charge in [0.25, 0.3) is 5.91 Å². The minimum atomic E-state index is -1.26. The Morgan fingerprint density at radius 2 is 2.05 bits per heavy atom. The Balaban J connectivity index is 2.33. The van der Waals surface area contributed by atoms with Crippen LogP contribution in [0.15, 0.2) is 41.0 Å². The molecule has 0 radical (unpaired) electrons. The van der Waals surface area contributed by atoms with Gasteiger partial charge in [-0.3, -0.25) is 9.78 Å². The number of rotatable bonds is 3. The van der Waals surface area contributed by atoms with Crippen molar-refractivity contribution in [3.05, 3.63) is 58.1 Å². The summed E-state index contributed by atoms with van der Waals surface area (Å²) in [5.74, 6) is -2.51. The minimum absolute atomic E-state index is 0.192. The van der Waals surface area contributed by atoms with Gasteiger partial charge in [0.2, 0.25) is 0 Å². The van der Waals surface area contributed by atoms with Crippen molar-refractivity contribution in [3.8, 4) is 0 Å². The largest absolute Gasteiger partial charge is 0.478 e. The van der Waals surface area contributed by atoms with E-state index in [1.165, 1.54) is 30.5 Å². The molecular weight excluding hydrogens is 331 g/mol. The number of benzene rings is 1. The van der Waals surface area contributed by atoms with Gasteiger partial charge in [-0.05, 0) is 46.3 Å². The number of aromatic nitrogens is 1. The van der Waals surface area contributed by atoms with Gasteiger partial charge in [-0.25, -0.2) is 9.18 Å². The van der Waals surface area contributed by atoms with Crippen LogP contribution in [0.4, 0.5) is 10.1 Å². The number of nitrogens with one attached hydrogen (secondary N) is 1. The Morgan fingerprint density at radius 1 is 1.30 bits per heavy atom. The summed E-state index contributed by atoms with van der Waals surface area (Å²) >= 11 is 3.16. The van der Waals surface area contributed by atoms with Gasteiger partial charge >= 0.3 is 5.97 Å². The van der Waals surface area contributed by atoms with Gasteiger partial charge < -0.3 is 10.4 Å². The highest BCUT2D eigenvalue weighted by atomic mass is 79.9. The highest BCUT2D eigenvalue weighted by Gasteiger charge is 2.18. The standard InChI is InChI=1S/C13H8BrFN2O3/c14-9-4-3-7(15)6-10(9)17-12(18)11-8(13(19)20)2-1-5-16-11/h1-6H,(H,17,18)(H,19,20). The number of carbonyl (C=O) groups is 2. The van der Waals surface area contributed by atoms with Gasteiger partial charge in [-0.1, -0.05) is 0 Å². The van der Waals surface area contributed by atoms with Gasteiger partial charge in [0.15, 0.2) is 0 Å². The summed E-state index contributed by atoms with van der Waals surface area (Å²) in [6.07, 6.45) is 1.31. The summed E-state index contributed by atoms with van der Waals surface area (Å²) < 4.78 is 13.6. The van der Waals surface area contributed by atoms with Crippen LogP contribution < -0.4 is 5.32 Å². The quantitative estimate of drug-likeness (QED) is 0.901. The number of pyridine rings is 1. The number of carbonyl (C=O) groups excluding carboxylic acids is 1. The molecule has 102 valence electrons. The maximum absolute atomic E-state index is 13.1. The van der Waals surface area contributed by atoms with Gasteiger partial charge in [-0.15, -0.1) is 0 Å². The number of nitrogens with zero attached hydrogens (tertiary/aromatic N) is 1. The Labute approximate surface area is 121 Å². The lowest BCUT2D eigenvalue weighted by atomic mass is 10.2. The average molecular weight is 339 g/mol. The van der Waals surface area contributed by atoms with Crippen LogP contribution in [0.1, 0.15) is 20.8 Å². The number of carboxylic acids is 1. The third-order valence-corrected chi connectivity index (χ3v) is 3.12. The highest BCUT2D eigenvalue weighted by molar-refractivity contribution is 9.10. The molecule has 0 atom stereocenters. The SMILES string of the molecule is O=C(O)c1cccnc1C(=O)Nc1cc(F)ccc1Br. The lowest BCUT2D eigenvalue weighted by Crippen LogP contribution is -2.18.